The first-order valence-electron chi connectivity index (χ1n) is 8.90. The fourth-order valence-corrected chi connectivity index (χ4v) is 3.43. The average Bonchev–Trinajstić information content (AvgIpc) is 2.70. The van der Waals surface area contributed by atoms with Crippen molar-refractivity contribution >= 4 is 40.8 Å². The Bertz CT molecular complexity index is 915. The van der Waals surface area contributed by atoms with E-state index < -0.39 is 0 Å². The van der Waals surface area contributed by atoms with Crippen LogP contribution in [0.1, 0.15) is 16.7 Å². The van der Waals surface area contributed by atoms with Gasteiger partial charge in [0, 0.05) is 37.7 Å². The van der Waals surface area contributed by atoms with Gasteiger partial charge in [0.25, 0.3) is 0 Å². The molecule has 1 heterocycles. The number of thiocarbonyl (C=S) groups is 1. The third-order valence-electron chi connectivity index (χ3n) is 4.59. The lowest BCUT2D eigenvalue weighted by Gasteiger charge is -2.36. The van der Waals surface area contributed by atoms with E-state index in [-0.39, 0.29) is 5.11 Å². The van der Waals surface area contributed by atoms with E-state index in [0.717, 1.165) is 54.6 Å². The van der Waals surface area contributed by atoms with E-state index in [2.05, 4.69) is 32.5 Å². The fourth-order valence-electron chi connectivity index (χ4n) is 3.18. The summed E-state index contributed by atoms with van der Waals surface area (Å²) < 4.78 is 0. The Morgan fingerprint density at radius 2 is 2.00 bits per heavy atom. The molecule has 0 aliphatic carbocycles. The molecule has 6 nitrogen and oxygen atoms in total. The zero-order valence-corrected chi connectivity index (χ0v) is 16.9. The molecule has 144 valence electrons. The van der Waals surface area contributed by atoms with Gasteiger partial charge in [-0.3, -0.25) is 10.3 Å². The number of nitrogens with zero attached hydrogens (tertiary/aromatic N) is 4. The summed E-state index contributed by atoms with van der Waals surface area (Å²) in [4.78, 5) is 4.63. The molecule has 1 aliphatic heterocycles. The molecule has 2 aromatic carbocycles. The monoisotopic (exact) mass is 412 g/mol. The quantitative estimate of drug-likeness (QED) is 0.446. The summed E-state index contributed by atoms with van der Waals surface area (Å²) in [6.45, 7) is 4.38. The molecular weight excluding hydrogens is 392 g/mol. The molecule has 0 radical (unpaired) electrons. The molecule has 0 spiro atoms. The van der Waals surface area contributed by atoms with Crippen molar-refractivity contribution in [2.75, 3.05) is 31.1 Å². The van der Waals surface area contributed by atoms with Crippen molar-refractivity contribution in [2.24, 2.45) is 10.8 Å². The summed E-state index contributed by atoms with van der Waals surface area (Å²) >= 11 is 11.0. The van der Waals surface area contributed by atoms with Gasteiger partial charge in [0.15, 0.2) is 5.11 Å². The van der Waals surface area contributed by atoms with Gasteiger partial charge in [0.2, 0.25) is 0 Å². The van der Waals surface area contributed by atoms with Crippen molar-refractivity contribution in [3.63, 3.8) is 0 Å². The topological polar surface area (TPSA) is 80.7 Å². The Labute approximate surface area is 175 Å². The minimum absolute atomic E-state index is 0.100. The van der Waals surface area contributed by atoms with E-state index in [1.165, 1.54) is 0 Å². The van der Waals surface area contributed by atoms with Gasteiger partial charge in [0.05, 0.1) is 17.5 Å². The summed E-state index contributed by atoms with van der Waals surface area (Å²) in [6, 6.07) is 15.9. The third kappa shape index (κ3) is 5.20. The summed E-state index contributed by atoms with van der Waals surface area (Å²) in [5.74, 6) is 0. The highest BCUT2D eigenvalue weighted by Gasteiger charge is 2.20. The lowest BCUT2D eigenvalue weighted by molar-refractivity contribution is 0.250. The van der Waals surface area contributed by atoms with Crippen LogP contribution in [0.15, 0.2) is 47.6 Å². The van der Waals surface area contributed by atoms with Crippen LogP contribution in [0.25, 0.3) is 0 Å². The van der Waals surface area contributed by atoms with Gasteiger partial charge < -0.3 is 10.6 Å². The van der Waals surface area contributed by atoms with Gasteiger partial charge in [-0.2, -0.15) is 10.4 Å². The van der Waals surface area contributed by atoms with Crippen molar-refractivity contribution in [1.82, 2.24) is 10.3 Å². The predicted molar refractivity (Wildman–Crippen MR) is 118 cm³/mol. The van der Waals surface area contributed by atoms with E-state index in [1.54, 1.807) is 6.21 Å². The number of hydrogen-bond acceptors (Lipinski definition) is 5. The van der Waals surface area contributed by atoms with Crippen molar-refractivity contribution in [3.8, 4) is 6.07 Å². The first-order valence-corrected chi connectivity index (χ1v) is 9.69. The normalized spacial score (nSPS) is 14.8. The van der Waals surface area contributed by atoms with Crippen LogP contribution in [0.3, 0.4) is 0 Å². The van der Waals surface area contributed by atoms with E-state index in [0.29, 0.717) is 5.56 Å². The van der Waals surface area contributed by atoms with Gasteiger partial charge in [0.1, 0.15) is 6.07 Å². The van der Waals surface area contributed by atoms with Gasteiger partial charge in [-0.1, -0.05) is 35.9 Å². The molecule has 0 amide bonds. The Kier molecular flexibility index (Phi) is 6.82. The number of nitrogens with one attached hydrogen (secondary N) is 1. The first kappa shape index (κ1) is 20.1. The van der Waals surface area contributed by atoms with E-state index in [9.17, 15) is 5.26 Å². The second-order valence-corrected chi connectivity index (χ2v) is 7.32. The summed E-state index contributed by atoms with van der Waals surface area (Å²) in [6.07, 6.45) is 1.59. The van der Waals surface area contributed by atoms with Gasteiger partial charge in [-0.15, -0.1) is 0 Å². The molecule has 2 aromatic rings. The third-order valence-corrected chi connectivity index (χ3v) is 5.05. The zero-order valence-electron chi connectivity index (χ0n) is 15.3. The number of hydrogen-bond donors (Lipinski definition) is 2. The Morgan fingerprint density at radius 1 is 1.25 bits per heavy atom. The standard InChI is InChI=1S/C20H21ClN6S/c21-18-4-2-1-3-16(18)14-26-7-9-27(10-8-26)19-6-5-15(11-17(19)12-22)13-24-25-20(23)28/h1-6,11,13H,7-10,14H2,(H3,23,25,28)/b24-13+. The molecule has 0 unspecified atom stereocenters. The van der Waals surface area contributed by atoms with Crippen LogP contribution in [-0.4, -0.2) is 42.4 Å². The van der Waals surface area contributed by atoms with Crippen LogP contribution in [0, 0.1) is 11.3 Å². The van der Waals surface area contributed by atoms with Crippen molar-refractivity contribution in [1.29, 1.82) is 5.26 Å². The summed E-state index contributed by atoms with van der Waals surface area (Å²) in [7, 11) is 0. The van der Waals surface area contributed by atoms with Crippen LogP contribution in [0.4, 0.5) is 5.69 Å². The molecule has 0 saturated carbocycles. The maximum Gasteiger partial charge on any atom is 0.184 e. The fraction of sp³-hybridized carbons (Fsp3) is 0.250. The van der Waals surface area contributed by atoms with Gasteiger partial charge in [-0.25, -0.2) is 0 Å². The maximum absolute atomic E-state index is 9.56. The van der Waals surface area contributed by atoms with E-state index in [1.807, 2.05) is 36.4 Å². The predicted octanol–water partition coefficient (Wildman–Crippen LogP) is 2.70. The van der Waals surface area contributed by atoms with Crippen LogP contribution in [0.5, 0.6) is 0 Å². The van der Waals surface area contributed by atoms with Crippen LogP contribution in [0.2, 0.25) is 5.02 Å². The second kappa shape index (κ2) is 9.51. The van der Waals surface area contributed by atoms with Crippen LogP contribution < -0.4 is 16.1 Å². The zero-order chi connectivity index (χ0) is 19.9. The largest absolute Gasteiger partial charge is 0.375 e. The molecule has 0 bridgehead atoms. The molecule has 0 aromatic heterocycles. The van der Waals surface area contributed by atoms with Crippen molar-refractivity contribution in [2.45, 2.75) is 6.54 Å². The Balaban J connectivity index is 1.63. The SMILES string of the molecule is N#Cc1cc(/C=N/NC(N)=S)ccc1N1CCN(Cc2ccccc2Cl)CC1. The highest BCUT2D eigenvalue weighted by atomic mass is 35.5. The first-order chi connectivity index (χ1) is 13.6. The lowest BCUT2D eigenvalue weighted by atomic mass is 10.1. The molecule has 3 N–H and O–H groups in total. The highest BCUT2D eigenvalue weighted by molar-refractivity contribution is 7.80. The number of piperazine rings is 1. The molecule has 28 heavy (non-hydrogen) atoms. The average molecular weight is 413 g/mol. The van der Waals surface area contributed by atoms with Gasteiger partial charge >= 0.3 is 0 Å². The molecular formula is C20H21ClN6S. The molecule has 0 atom stereocenters. The number of anilines is 1. The van der Waals surface area contributed by atoms with Crippen LogP contribution in [-0.2, 0) is 6.54 Å². The number of hydrazone groups is 1. The van der Waals surface area contributed by atoms with Crippen molar-refractivity contribution < 1.29 is 0 Å². The smallest absolute Gasteiger partial charge is 0.184 e. The van der Waals surface area contributed by atoms with Crippen LogP contribution >= 0.6 is 23.8 Å². The molecule has 1 aliphatic rings. The minimum atomic E-state index is 0.100. The highest BCUT2D eigenvalue weighted by Crippen LogP contribution is 2.24. The van der Waals surface area contributed by atoms with E-state index in [4.69, 9.17) is 29.6 Å². The second-order valence-electron chi connectivity index (χ2n) is 6.48. The summed E-state index contributed by atoms with van der Waals surface area (Å²) in [5, 5.41) is 14.4. The molecule has 1 fully saturated rings. The molecule has 3 rings (SSSR count). The molecule has 8 heteroatoms. The maximum atomic E-state index is 9.56. The number of nitriles is 1. The Morgan fingerprint density at radius 3 is 2.68 bits per heavy atom. The number of nitrogens with two attached hydrogens (primary N) is 1. The van der Waals surface area contributed by atoms with E-state index >= 15 is 0 Å². The van der Waals surface area contributed by atoms with Crippen molar-refractivity contribution in [3.05, 3.63) is 64.2 Å². The minimum Gasteiger partial charge on any atom is -0.375 e. The number of halogens is 1. The molecule has 1 saturated heterocycles. The number of rotatable bonds is 5. The van der Waals surface area contributed by atoms with Gasteiger partial charge in [-0.05, 0) is 41.5 Å². The summed E-state index contributed by atoms with van der Waals surface area (Å²) in [5.41, 5.74) is 11.4. The lowest BCUT2D eigenvalue weighted by Crippen LogP contribution is -2.46. The Hall–Kier alpha value is -2.66. The number of benzene rings is 2.